The Hall–Kier alpha value is -1.88. The molecule has 4 aliphatic carbocycles. The molecule has 0 aromatic rings. The highest BCUT2D eigenvalue weighted by Crippen LogP contribution is 2.75. The lowest BCUT2D eigenvalue weighted by atomic mass is 9.48. The van der Waals surface area contributed by atoms with Crippen molar-refractivity contribution in [1.29, 1.82) is 0 Å². The van der Waals surface area contributed by atoms with Crippen molar-refractivity contribution in [2.24, 2.45) is 28.6 Å². The molecule has 0 aromatic carbocycles. The Morgan fingerprint density at radius 2 is 2.10 bits per heavy atom. The van der Waals surface area contributed by atoms with Crippen LogP contribution in [0, 0.1) is 28.6 Å². The van der Waals surface area contributed by atoms with Crippen LogP contribution in [0.5, 0.6) is 0 Å². The van der Waals surface area contributed by atoms with Gasteiger partial charge in [-0.2, -0.15) is 0 Å². The highest BCUT2D eigenvalue weighted by molar-refractivity contribution is 6.01. The lowest BCUT2D eigenvalue weighted by Crippen LogP contribution is -2.56. The number of aliphatic hydroxyl groups is 1. The third-order valence-corrected chi connectivity index (χ3v) is 8.76. The molecule has 29 heavy (non-hydrogen) atoms. The first-order valence-electron chi connectivity index (χ1n) is 10.8. The summed E-state index contributed by atoms with van der Waals surface area (Å²) < 4.78 is 11.6. The molecular weight excluding hydrogens is 368 g/mol. The summed E-state index contributed by atoms with van der Waals surface area (Å²) in [5, 5.41) is 10.8. The van der Waals surface area contributed by atoms with Crippen LogP contribution in [-0.4, -0.2) is 35.2 Å². The van der Waals surface area contributed by atoms with E-state index in [2.05, 4.69) is 26.8 Å². The number of aliphatic hydroxyl groups excluding tert-OH is 1. The summed E-state index contributed by atoms with van der Waals surface area (Å²) in [6, 6.07) is 0. The predicted octanol–water partition coefficient (Wildman–Crippen LogP) is 4.05. The smallest absolute Gasteiger partial charge is 0.303 e. The zero-order valence-electron chi connectivity index (χ0n) is 17.7. The molecule has 3 saturated carbocycles. The summed E-state index contributed by atoms with van der Waals surface area (Å²) >= 11 is 0. The maximum absolute atomic E-state index is 12.0. The molecule has 5 aliphatic rings. The average molecular weight is 398 g/mol. The first kappa shape index (κ1) is 19.1. The normalized spacial score (nSPS) is 48.7. The molecule has 1 N–H and O–H groups in total. The van der Waals surface area contributed by atoms with Gasteiger partial charge in [-0.15, -0.1) is 0 Å². The summed E-state index contributed by atoms with van der Waals surface area (Å²) in [6.07, 6.45) is 9.57. The minimum Gasteiger partial charge on any atom is -0.509 e. The molecule has 0 bridgehead atoms. The van der Waals surface area contributed by atoms with E-state index in [0.29, 0.717) is 11.8 Å². The number of ketones is 1. The fraction of sp³-hybridized carbons (Fsp3) is 0.667. The van der Waals surface area contributed by atoms with Crippen molar-refractivity contribution in [3.8, 4) is 0 Å². The molecule has 0 amide bonds. The van der Waals surface area contributed by atoms with Gasteiger partial charge >= 0.3 is 5.97 Å². The zero-order valence-corrected chi connectivity index (χ0v) is 17.7. The number of epoxide rings is 1. The lowest BCUT2D eigenvalue weighted by Gasteiger charge is -2.53. The first-order valence-corrected chi connectivity index (χ1v) is 10.8. The lowest BCUT2D eigenvalue weighted by molar-refractivity contribution is -0.140. The minimum absolute atomic E-state index is 0.0475. The fourth-order valence-corrected chi connectivity index (χ4v) is 7.66. The SMILES string of the molecule is CC(=O)OCC(O)=C1[C@H](C)C[C@H]2[C@@H]3CCC4=CC(=O)C=C[C@]4(C)[C@@]34O[C@H]4C[C@]12C. The van der Waals surface area contributed by atoms with Gasteiger partial charge in [-0.1, -0.05) is 25.5 Å². The number of allylic oxidation sites excluding steroid dienone is 3. The number of esters is 1. The molecule has 0 unspecified atom stereocenters. The van der Waals surface area contributed by atoms with Crippen LogP contribution in [-0.2, 0) is 19.1 Å². The summed E-state index contributed by atoms with van der Waals surface area (Å²) in [5.41, 5.74) is 1.68. The molecule has 4 fully saturated rings. The average Bonchev–Trinajstić information content (AvgIpc) is 3.29. The number of carbonyl (C=O) groups is 2. The molecule has 5 nitrogen and oxygen atoms in total. The Morgan fingerprint density at radius 3 is 2.83 bits per heavy atom. The number of hydrogen-bond donors (Lipinski definition) is 1. The van der Waals surface area contributed by atoms with Crippen LogP contribution < -0.4 is 0 Å². The highest BCUT2D eigenvalue weighted by Gasteiger charge is 2.78. The Balaban J connectivity index is 1.53. The van der Waals surface area contributed by atoms with E-state index in [4.69, 9.17) is 9.47 Å². The predicted molar refractivity (Wildman–Crippen MR) is 107 cm³/mol. The first-order chi connectivity index (χ1) is 13.6. The van der Waals surface area contributed by atoms with Crippen molar-refractivity contribution in [2.45, 2.75) is 65.1 Å². The molecule has 1 spiro atoms. The van der Waals surface area contributed by atoms with Gasteiger partial charge < -0.3 is 14.6 Å². The summed E-state index contributed by atoms with van der Waals surface area (Å²) in [6.45, 7) is 8.00. The van der Waals surface area contributed by atoms with Gasteiger partial charge in [0.25, 0.3) is 0 Å². The number of carbonyl (C=O) groups excluding carboxylic acids is 2. The maximum Gasteiger partial charge on any atom is 0.303 e. The van der Waals surface area contributed by atoms with Crippen molar-refractivity contribution in [2.75, 3.05) is 6.61 Å². The fourth-order valence-electron chi connectivity index (χ4n) is 7.66. The monoisotopic (exact) mass is 398 g/mol. The van der Waals surface area contributed by atoms with E-state index in [9.17, 15) is 14.7 Å². The molecule has 1 aliphatic heterocycles. The van der Waals surface area contributed by atoms with Crippen molar-refractivity contribution in [3.63, 3.8) is 0 Å². The molecule has 5 heteroatoms. The van der Waals surface area contributed by atoms with Crippen molar-refractivity contribution >= 4 is 11.8 Å². The third kappa shape index (κ3) is 2.31. The summed E-state index contributed by atoms with van der Waals surface area (Å²) in [5.74, 6) is 0.985. The van der Waals surface area contributed by atoms with E-state index in [1.54, 1.807) is 6.08 Å². The van der Waals surface area contributed by atoms with Gasteiger partial charge in [0.15, 0.2) is 5.78 Å². The summed E-state index contributed by atoms with van der Waals surface area (Å²) in [4.78, 5) is 23.2. The number of fused-ring (bicyclic) bond motifs is 3. The van der Waals surface area contributed by atoms with Crippen molar-refractivity contribution in [3.05, 3.63) is 35.1 Å². The molecule has 0 radical (unpaired) electrons. The number of hydrogen-bond acceptors (Lipinski definition) is 5. The maximum atomic E-state index is 12.0. The summed E-state index contributed by atoms with van der Waals surface area (Å²) in [7, 11) is 0. The standard InChI is InChI=1S/C24H30O5/c1-13-9-18-17-6-5-15-10-16(26)7-8-23(15,4)24(17)20(29-24)11-22(18,3)21(13)19(27)12-28-14(2)25/h7-8,10,13,17-18,20,27H,5-6,9,11-12H2,1-4H3/t13-,17+,18+,20+,22+,23+,24-/m1/s1. The Labute approximate surface area is 171 Å². The molecular formula is C24H30O5. The van der Waals surface area contributed by atoms with Crippen LogP contribution in [0.3, 0.4) is 0 Å². The second-order valence-corrected chi connectivity index (χ2v) is 10.2. The van der Waals surface area contributed by atoms with Gasteiger partial charge in [-0.3, -0.25) is 9.59 Å². The topological polar surface area (TPSA) is 76.1 Å². The third-order valence-electron chi connectivity index (χ3n) is 8.76. The number of rotatable bonds is 2. The van der Waals surface area contributed by atoms with Crippen LogP contribution in [0.4, 0.5) is 0 Å². The highest BCUT2D eigenvalue weighted by atomic mass is 16.6. The van der Waals surface area contributed by atoms with Crippen molar-refractivity contribution in [1.82, 2.24) is 0 Å². The van der Waals surface area contributed by atoms with E-state index in [0.717, 1.165) is 31.3 Å². The molecule has 156 valence electrons. The van der Waals surface area contributed by atoms with Gasteiger partial charge in [-0.25, -0.2) is 0 Å². The Bertz CT molecular complexity index is 897. The molecule has 5 rings (SSSR count). The van der Waals surface area contributed by atoms with Gasteiger partial charge in [0.1, 0.15) is 18.0 Å². The molecule has 1 saturated heterocycles. The van der Waals surface area contributed by atoms with Gasteiger partial charge in [-0.05, 0) is 73.5 Å². The molecule has 7 atom stereocenters. The van der Waals surface area contributed by atoms with E-state index < -0.39 is 0 Å². The van der Waals surface area contributed by atoms with Gasteiger partial charge in [0, 0.05) is 12.3 Å². The van der Waals surface area contributed by atoms with E-state index in [1.165, 1.54) is 12.5 Å². The molecule has 1 heterocycles. The minimum atomic E-state index is -0.379. The second-order valence-electron chi connectivity index (χ2n) is 10.2. The Kier molecular flexibility index (Phi) is 3.85. The van der Waals surface area contributed by atoms with Crippen LogP contribution >= 0.6 is 0 Å². The van der Waals surface area contributed by atoms with Crippen molar-refractivity contribution < 1.29 is 24.2 Å². The molecule has 0 aromatic heterocycles. The number of ether oxygens (including phenoxy) is 2. The quantitative estimate of drug-likeness (QED) is 0.431. The van der Waals surface area contributed by atoms with Crippen LogP contribution in [0.25, 0.3) is 0 Å². The van der Waals surface area contributed by atoms with E-state index >= 15 is 0 Å². The van der Waals surface area contributed by atoms with Crippen LogP contribution in [0.1, 0.15) is 53.4 Å². The zero-order chi connectivity index (χ0) is 20.8. The Morgan fingerprint density at radius 1 is 1.34 bits per heavy atom. The van der Waals surface area contributed by atoms with E-state index in [1.807, 2.05) is 6.08 Å². The van der Waals surface area contributed by atoms with Crippen LogP contribution in [0.2, 0.25) is 0 Å². The van der Waals surface area contributed by atoms with Gasteiger partial charge in [0.05, 0.1) is 6.10 Å². The second kappa shape index (κ2) is 5.84. The van der Waals surface area contributed by atoms with Gasteiger partial charge in [0.2, 0.25) is 0 Å². The van der Waals surface area contributed by atoms with Crippen LogP contribution in [0.15, 0.2) is 35.1 Å². The van der Waals surface area contributed by atoms with E-state index in [-0.39, 0.29) is 52.6 Å². The largest absolute Gasteiger partial charge is 0.509 e.